The summed E-state index contributed by atoms with van der Waals surface area (Å²) < 4.78 is 1.50. The van der Waals surface area contributed by atoms with Crippen molar-refractivity contribution in [3.8, 4) is 5.69 Å². The average Bonchev–Trinajstić information content (AvgIpc) is 3.09. The number of carbonyl (C=O) groups excluding carboxylic acids is 1. The second-order valence-electron chi connectivity index (χ2n) is 8.81. The number of aromatic nitrogens is 2. The molecule has 0 spiro atoms. The number of nitrogens with one attached hydrogen (secondary N) is 3. The predicted molar refractivity (Wildman–Crippen MR) is 130 cm³/mol. The van der Waals surface area contributed by atoms with E-state index in [1.165, 1.54) is 29.4 Å². The van der Waals surface area contributed by atoms with Gasteiger partial charge in [-0.1, -0.05) is 12.1 Å². The molecule has 2 saturated heterocycles. The Hall–Kier alpha value is -2.75. The van der Waals surface area contributed by atoms with Crippen molar-refractivity contribution in [1.29, 1.82) is 0 Å². The summed E-state index contributed by atoms with van der Waals surface area (Å²) in [6, 6.07) is 10.1. The van der Waals surface area contributed by atoms with Crippen molar-refractivity contribution in [1.82, 2.24) is 30.0 Å². The van der Waals surface area contributed by atoms with E-state index in [9.17, 15) is 9.59 Å². The summed E-state index contributed by atoms with van der Waals surface area (Å²) in [4.78, 5) is 33.2. The van der Waals surface area contributed by atoms with Crippen molar-refractivity contribution in [2.24, 2.45) is 0 Å². The molecule has 178 valence electrons. The van der Waals surface area contributed by atoms with E-state index in [1.54, 1.807) is 17.2 Å². The number of nitrogens with zero attached hydrogens (tertiary/aromatic N) is 4. The first-order valence-electron chi connectivity index (χ1n) is 12.0. The van der Waals surface area contributed by atoms with Crippen LogP contribution >= 0.6 is 0 Å². The summed E-state index contributed by atoms with van der Waals surface area (Å²) in [5, 5.41) is 9.34. The van der Waals surface area contributed by atoms with E-state index in [-0.39, 0.29) is 11.8 Å². The molecule has 1 unspecified atom stereocenters. The Labute approximate surface area is 195 Å². The van der Waals surface area contributed by atoms with Crippen LogP contribution in [-0.4, -0.2) is 84.3 Å². The fourth-order valence-electron chi connectivity index (χ4n) is 4.50. The maximum atomic E-state index is 12.6. The third kappa shape index (κ3) is 6.40. The zero-order valence-corrected chi connectivity index (χ0v) is 19.4. The number of benzene rings is 1. The minimum Gasteiger partial charge on any atom is -0.322 e. The van der Waals surface area contributed by atoms with E-state index in [0.717, 1.165) is 44.8 Å². The molecule has 33 heavy (non-hydrogen) atoms. The monoisotopic (exact) mass is 453 g/mol. The van der Waals surface area contributed by atoms with Crippen LogP contribution in [0.1, 0.15) is 24.8 Å². The Bertz CT molecular complexity index is 970. The first-order chi connectivity index (χ1) is 16.1. The summed E-state index contributed by atoms with van der Waals surface area (Å²) >= 11 is 0. The van der Waals surface area contributed by atoms with Gasteiger partial charge in [0.05, 0.1) is 5.69 Å². The van der Waals surface area contributed by atoms with Gasteiger partial charge in [-0.3, -0.25) is 9.88 Å². The fraction of sp³-hybridized carbons (Fsp3) is 0.542. The van der Waals surface area contributed by atoms with Crippen molar-refractivity contribution in [2.75, 3.05) is 58.2 Å². The largest absolute Gasteiger partial charge is 0.354 e. The molecule has 3 heterocycles. The molecular weight excluding hydrogens is 418 g/mol. The lowest BCUT2D eigenvalue weighted by atomic mass is 10.1. The van der Waals surface area contributed by atoms with Crippen molar-refractivity contribution in [3.63, 3.8) is 0 Å². The summed E-state index contributed by atoms with van der Waals surface area (Å²) in [5.41, 5.74) is 1.61. The Morgan fingerprint density at radius 2 is 1.88 bits per heavy atom. The lowest BCUT2D eigenvalue weighted by Crippen LogP contribution is -2.48. The Morgan fingerprint density at radius 3 is 2.61 bits per heavy atom. The minimum atomic E-state index is -0.412. The third-order valence-corrected chi connectivity index (χ3v) is 6.60. The molecule has 0 radical (unpaired) electrons. The second kappa shape index (κ2) is 11.4. The van der Waals surface area contributed by atoms with Gasteiger partial charge in [0.25, 0.3) is 0 Å². The van der Waals surface area contributed by atoms with E-state index in [4.69, 9.17) is 0 Å². The summed E-state index contributed by atoms with van der Waals surface area (Å²) in [6.07, 6.45) is 6.35. The highest BCUT2D eigenvalue weighted by Gasteiger charge is 2.17. The molecule has 1 aromatic carbocycles. The lowest BCUT2D eigenvalue weighted by molar-refractivity contribution is 0.204. The van der Waals surface area contributed by atoms with Crippen molar-refractivity contribution in [3.05, 3.63) is 52.6 Å². The van der Waals surface area contributed by atoms with Gasteiger partial charge in [0.15, 0.2) is 0 Å². The summed E-state index contributed by atoms with van der Waals surface area (Å²) in [5.74, 6) is 0.273. The van der Waals surface area contributed by atoms with Crippen LogP contribution in [-0.2, 0) is 6.42 Å². The number of amides is 2. The van der Waals surface area contributed by atoms with E-state index in [0.29, 0.717) is 19.1 Å². The van der Waals surface area contributed by atoms with Gasteiger partial charge in [-0.25, -0.2) is 9.59 Å². The second-order valence-corrected chi connectivity index (χ2v) is 8.81. The number of hydrogen-bond donors (Lipinski definition) is 3. The van der Waals surface area contributed by atoms with Gasteiger partial charge in [0.2, 0.25) is 0 Å². The molecule has 2 aromatic rings. The minimum absolute atomic E-state index is 0.226. The van der Waals surface area contributed by atoms with E-state index in [2.05, 4.69) is 45.0 Å². The molecule has 2 aliphatic heterocycles. The Morgan fingerprint density at radius 1 is 1.09 bits per heavy atom. The Kier molecular flexibility index (Phi) is 8.09. The van der Waals surface area contributed by atoms with Crippen LogP contribution < -0.4 is 21.6 Å². The van der Waals surface area contributed by atoms with Gasteiger partial charge in [-0.2, -0.15) is 4.98 Å². The molecular formula is C24H35N7O2. The Balaban J connectivity index is 1.32. The highest BCUT2D eigenvalue weighted by Crippen LogP contribution is 2.13. The molecule has 2 fully saturated rings. The predicted octanol–water partition coefficient (Wildman–Crippen LogP) is 1.29. The molecule has 9 nitrogen and oxygen atoms in total. The van der Waals surface area contributed by atoms with Crippen LogP contribution in [0, 0.1) is 0 Å². The molecule has 1 atom stereocenters. The first-order valence-corrected chi connectivity index (χ1v) is 12.0. The molecule has 0 aliphatic carbocycles. The number of hydrogen-bond acceptors (Lipinski definition) is 6. The number of piperazine rings is 1. The molecule has 2 aliphatic rings. The van der Waals surface area contributed by atoms with Gasteiger partial charge >= 0.3 is 11.7 Å². The van der Waals surface area contributed by atoms with Crippen LogP contribution in [0.5, 0.6) is 0 Å². The molecule has 1 aromatic heterocycles. The van der Waals surface area contributed by atoms with Gasteiger partial charge in [-0.15, -0.1) is 0 Å². The maximum Gasteiger partial charge on any atom is 0.354 e. The van der Waals surface area contributed by atoms with Gasteiger partial charge < -0.3 is 20.4 Å². The molecule has 9 heteroatoms. The van der Waals surface area contributed by atoms with Gasteiger partial charge in [-0.05, 0) is 69.6 Å². The normalized spacial score (nSPS) is 19.8. The topological polar surface area (TPSA) is 94.5 Å². The standard InChI is InChI=1S/C24H35N7O2/c1-25-20-3-2-13-29(15-9-20)14-8-19-4-6-21(7-5-19)31-16-10-22(28-24(31)33)27-23(32)30-17-11-26-12-18-30/h4-7,10,16,20,25-26H,2-3,8-9,11-15,17-18H2,1H3,(H,27,28,32,33). The summed E-state index contributed by atoms with van der Waals surface area (Å²) in [7, 11) is 2.06. The zero-order valence-electron chi connectivity index (χ0n) is 19.4. The first kappa shape index (κ1) is 23.4. The number of rotatable bonds is 6. The zero-order chi connectivity index (χ0) is 23.0. The highest BCUT2D eigenvalue weighted by molar-refractivity contribution is 5.88. The molecule has 2 amide bonds. The van der Waals surface area contributed by atoms with E-state index in [1.807, 2.05) is 12.1 Å². The van der Waals surface area contributed by atoms with Gasteiger partial charge in [0, 0.05) is 45.0 Å². The SMILES string of the molecule is CNC1CCCN(CCc2ccc(-n3ccc(NC(=O)N4CCNCC4)nc3=O)cc2)CC1. The van der Waals surface area contributed by atoms with Crippen LogP contribution in [0.25, 0.3) is 5.69 Å². The number of carbonyl (C=O) groups is 1. The smallest absolute Gasteiger partial charge is 0.322 e. The van der Waals surface area contributed by atoms with Crippen LogP contribution in [0.15, 0.2) is 41.3 Å². The molecule has 3 N–H and O–H groups in total. The quantitative estimate of drug-likeness (QED) is 0.610. The fourth-order valence-corrected chi connectivity index (χ4v) is 4.50. The number of anilines is 1. The van der Waals surface area contributed by atoms with Crippen molar-refractivity contribution < 1.29 is 4.79 Å². The lowest BCUT2D eigenvalue weighted by Gasteiger charge is -2.27. The molecule has 0 saturated carbocycles. The maximum absolute atomic E-state index is 12.6. The van der Waals surface area contributed by atoms with Gasteiger partial charge in [0.1, 0.15) is 5.82 Å². The molecule has 4 rings (SSSR count). The molecule has 0 bridgehead atoms. The van der Waals surface area contributed by atoms with E-state index < -0.39 is 5.69 Å². The van der Waals surface area contributed by atoms with Crippen molar-refractivity contribution >= 4 is 11.8 Å². The van der Waals surface area contributed by atoms with Crippen LogP contribution in [0.2, 0.25) is 0 Å². The van der Waals surface area contributed by atoms with Crippen molar-refractivity contribution in [2.45, 2.75) is 31.7 Å². The number of urea groups is 1. The third-order valence-electron chi connectivity index (χ3n) is 6.60. The van der Waals surface area contributed by atoms with E-state index >= 15 is 0 Å². The number of likely N-dealkylation sites (tertiary alicyclic amines) is 1. The van der Waals surface area contributed by atoms with Crippen LogP contribution in [0.4, 0.5) is 10.6 Å². The highest BCUT2D eigenvalue weighted by atomic mass is 16.2. The van der Waals surface area contributed by atoms with Crippen LogP contribution in [0.3, 0.4) is 0 Å². The summed E-state index contributed by atoms with van der Waals surface area (Å²) in [6.45, 7) is 6.18. The average molecular weight is 454 g/mol.